The van der Waals surface area contributed by atoms with Crippen LogP contribution >= 0.6 is 11.6 Å². The number of hydrogen-bond donors (Lipinski definition) is 3. The second kappa shape index (κ2) is 7.93. The Morgan fingerprint density at radius 1 is 1.29 bits per heavy atom. The number of nitrogens with one attached hydrogen (secondary N) is 2. The molecule has 1 amide bonds. The molecule has 2 heterocycles. The van der Waals surface area contributed by atoms with Crippen molar-refractivity contribution in [1.82, 2.24) is 14.7 Å². The lowest BCUT2D eigenvalue weighted by atomic mass is 9.81. The first-order valence-corrected chi connectivity index (χ1v) is 10.1. The quantitative estimate of drug-likeness (QED) is 0.646. The van der Waals surface area contributed by atoms with Crippen LogP contribution in [0, 0.1) is 11.3 Å². The third-order valence-corrected chi connectivity index (χ3v) is 6.15. The van der Waals surface area contributed by atoms with E-state index in [9.17, 15) is 4.79 Å². The van der Waals surface area contributed by atoms with Crippen LogP contribution in [0.3, 0.4) is 0 Å². The molecule has 0 spiro atoms. The van der Waals surface area contributed by atoms with Gasteiger partial charge in [-0.05, 0) is 63.0 Å². The number of nitrogens with zero attached hydrogens (tertiary/aromatic N) is 3. The van der Waals surface area contributed by atoms with Gasteiger partial charge in [-0.1, -0.05) is 11.6 Å². The van der Waals surface area contributed by atoms with Gasteiger partial charge in [0.25, 0.3) is 5.91 Å². The van der Waals surface area contributed by atoms with E-state index in [2.05, 4.69) is 15.3 Å². The zero-order valence-electron chi connectivity index (χ0n) is 15.6. The largest absolute Gasteiger partial charge is 0.365 e. The van der Waals surface area contributed by atoms with Crippen molar-refractivity contribution < 1.29 is 4.79 Å². The number of amides is 1. The molecule has 8 heteroatoms. The molecule has 28 heavy (non-hydrogen) atoms. The molecule has 1 aliphatic carbocycles. The van der Waals surface area contributed by atoms with Crippen LogP contribution < -0.4 is 11.1 Å². The van der Waals surface area contributed by atoms with Crippen LogP contribution in [0.2, 0.25) is 5.02 Å². The molecule has 4 rings (SSSR count). The van der Waals surface area contributed by atoms with Gasteiger partial charge in [0, 0.05) is 35.1 Å². The number of anilines is 2. The summed E-state index contributed by atoms with van der Waals surface area (Å²) < 4.78 is 1.82. The van der Waals surface area contributed by atoms with Crippen LogP contribution in [0.25, 0.3) is 0 Å². The Hall–Kier alpha value is -2.38. The number of primary amides is 1. The zero-order chi connectivity index (χ0) is 19.7. The molecule has 1 saturated heterocycles. The van der Waals surface area contributed by atoms with Crippen LogP contribution in [0.5, 0.6) is 0 Å². The summed E-state index contributed by atoms with van der Waals surface area (Å²) in [5.74, 6) is 0.00941. The smallest absolute Gasteiger partial charge is 0.254 e. The number of carbonyl (C=O) groups excluding carboxylic acids is 1. The predicted octanol–water partition coefficient (Wildman–Crippen LogP) is 3.44. The Bertz CT molecular complexity index is 860. The van der Waals surface area contributed by atoms with Gasteiger partial charge < -0.3 is 21.4 Å². The van der Waals surface area contributed by atoms with E-state index in [0.29, 0.717) is 22.4 Å². The molecule has 0 unspecified atom stereocenters. The number of likely N-dealkylation sites (tertiary alicyclic amines) is 1. The molecule has 1 saturated carbocycles. The maximum Gasteiger partial charge on any atom is 0.254 e. The van der Waals surface area contributed by atoms with Gasteiger partial charge in [0.15, 0.2) is 5.82 Å². The first-order valence-electron chi connectivity index (χ1n) is 9.71. The Morgan fingerprint density at radius 3 is 2.64 bits per heavy atom. The number of aromatic nitrogens is 2. The predicted molar refractivity (Wildman–Crippen MR) is 111 cm³/mol. The van der Waals surface area contributed by atoms with E-state index in [1.165, 1.54) is 25.7 Å². The van der Waals surface area contributed by atoms with Crippen LogP contribution in [0.1, 0.15) is 42.1 Å². The summed E-state index contributed by atoms with van der Waals surface area (Å²) in [4.78, 5) is 14.5. The molecule has 1 aliphatic heterocycles. The number of benzene rings is 1. The molecule has 2 aliphatic rings. The van der Waals surface area contributed by atoms with Gasteiger partial charge >= 0.3 is 0 Å². The number of hydrogen-bond acceptors (Lipinski definition) is 5. The van der Waals surface area contributed by atoms with Crippen molar-refractivity contribution in [1.29, 1.82) is 5.41 Å². The highest BCUT2D eigenvalue weighted by molar-refractivity contribution is 6.30. The molecule has 1 aromatic heterocycles. The summed E-state index contributed by atoms with van der Waals surface area (Å²) in [5.41, 5.74) is 6.72. The first-order chi connectivity index (χ1) is 13.5. The minimum absolute atomic E-state index is 0.0638. The standard InChI is InChI=1S/C20H25ClN6O/c21-14-2-4-15(5-3-14)24-20-17(19(23)28)12-27(25-20)18-7-6-16(10-13(18)11-22)26-8-1-9-26/h2-5,11-13,16,18,22H,1,6-10H2,(H2,23,28)(H,24,25)/t13-,16+,18+/m1/s1. The van der Waals surface area contributed by atoms with Gasteiger partial charge in [0.1, 0.15) is 5.56 Å². The zero-order valence-corrected chi connectivity index (χ0v) is 16.4. The van der Waals surface area contributed by atoms with E-state index < -0.39 is 5.91 Å². The maximum atomic E-state index is 12.0. The summed E-state index contributed by atoms with van der Waals surface area (Å²) in [6, 6.07) is 7.80. The van der Waals surface area contributed by atoms with Crippen molar-refractivity contribution in [3.8, 4) is 0 Å². The van der Waals surface area contributed by atoms with E-state index in [-0.39, 0.29) is 12.0 Å². The molecule has 0 radical (unpaired) electrons. The number of carbonyl (C=O) groups is 1. The van der Waals surface area contributed by atoms with Crippen LogP contribution in [-0.4, -0.2) is 45.9 Å². The molecule has 2 aromatic rings. The lowest BCUT2D eigenvalue weighted by Crippen LogP contribution is -2.48. The highest BCUT2D eigenvalue weighted by atomic mass is 35.5. The fourth-order valence-corrected chi connectivity index (χ4v) is 4.34. The van der Waals surface area contributed by atoms with Crippen molar-refractivity contribution in [2.45, 2.75) is 37.8 Å². The number of halogens is 1. The van der Waals surface area contributed by atoms with E-state index in [0.717, 1.165) is 24.9 Å². The Labute approximate surface area is 169 Å². The molecule has 1 aromatic carbocycles. The Balaban J connectivity index is 1.56. The van der Waals surface area contributed by atoms with Crippen molar-refractivity contribution in [2.24, 2.45) is 11.7 Å². The van der Waals surface area contributed by atoms with Gasteiger partial charge in [-0.2, -0.15) is 5.10 Å². The molecular weight excluding hydrogens is 376 g/mol. The first kappa shape index (κ1) is 19.0. The van der Waals surface area contributed by atoms with Crippen molar-refractivity contribution in [2.75, 3.05) is 18.4 Å². The van der Waals surface area contributed by atoms with Crippen LogP contribution in [0.15, 0.2) is 30.5 Å². The SMILES string of the molecule is N=C[C@H]1C[C@@H](N2CCC2)CC[C@@H]1n1cc(C(N)=O)c(Nc2ccc(Cl)cc2)n1. The summed E-state index contributed by atoms with van der Waals surface area (Å²) in [7, 11) is 0. The summed E-state index contributed by atoms with van der Waals surface area (Å²) in [6.07, 6.45) is 7.50. The highest BCUT2D eigenvalue weighted by Crippen LogP contribution is 2.37. The fourth-order valence-electron chi connectivity index (χ4n) is 4.22. The maximum absolute atomic E-state index is 12.0. The van der Waals surface area contributed by atoms with Crippen LogP contribution in [-0.2, 0) is 0 Å². The molecule has 7 nitrogen and oxygen atoms in total. The summed E-state index contributed by atoms with van der Waals surface area (Å²) in [6.45, 7) is 2.34. The lowest BCUT2D eigenvalue weighted by Gasteiger charge is -2.44. The summed E-state index contributed by atoms with van der Waals surface area (Å²) >= 11 is 5.94. The van der Waals surface area contributed by atoms with Crippen LogP contribution in [0.4, 0.5) is 11.5 Å². The average molecular weight is 401 g/mol. The van der Waals surface area contributed by atoms with Crippen molar-refractivity contribution in [3.05, 3.63) is 41.0 Å². The Kier molecular flexibility index (Phi) is 5.37. The second-order valence-corrected chi connectivity index (χ2v) is 8.06. The van der Waals surface area contributed by atoms with Gasteiger partial charge in [-0.3, -0.25) is 9.48 Å². The number of rotatable bonds is 6. The van der Waals surface area contributed by atoms with E-state index in [1.807, 2.05) is 16.8 Å². The molecule has 0 bridgehead atoms. The van der Waals surface area contributed by atoms with Gasteiger partial charge in [0.05, 0.1) is 6.04 Å². The molecule has 3 atom stereocenters. The minimum Gasteiger partial charge on any atom is -0.365 e. The molecule has 4 N–H and O–H groups in total. The molecule has 2 fully saturated rings. The molecule has 148 valence electrons. The highest BCUT2D eigenvalue weighted by Gasteiger charge is 2.35. The molecular formula is C20H25ClN6O. The van der Waals surface area contributed by atoms with Crippen molar-refractivity contribution in [3.63, 3.8) is 0 Å². The average Bonchev–Trinajstić information content (AvgIpc) is 3.06. The van der Waals surface area contributed by atoms with E-state index in [1.54, 1.807) is 18.3 Å². The van der Waals surface area contributed by atoms with E-state index in [4.69, 9.17) is 22.7 Å². The van der Waals surface area contributed by atoms with Gasteiger partial charge in [-0.15, -0.1) is 0 Å². The Morgan fingerprint density at radius 2 is 2.04 bits per heavy atom. The third-order valence-electron chi connectivity index (χ3n) is 5.90. The van der Waals surface area contributed by atoms with Gasteiger partial charge in [0.2, 0.25) is 0 Å². The third kappa shape index (κ3) is 3.77. The van der Waals surface area contributed by atoms with E-state index >= 15 is 0 Å². The number of nitrogens with two attached hydrogens (primary N) is 1. The second-order valence-electron chi connectivity index (χ2n) is 7.62. The lowest BCUT2D eigenvalue weighted by molar-refractivity contribution is 0.0679. The minimum atomic E-state index is -0.525. The van der Waals surface area contributed by atoms with Gasteiger partial charge in [-0.25, -0.2) is 0 Å². The van der Waals surface area contributed by atoms with Crippen molar-refractivity contribution >= 4 is 35.2 Å². The normalized spacial score (nSPS) is 25.1. The fraction of sp³-hybridized carbons (Fsp3) is 0.450. The summed E-state index contributed by atoms with van der Waals surface area (Å²) in [5, 5.41) is 16.4. The monoisotopic (exact) mass is 400 g/mol. The topological polar surface area (TPSA) is 100 Å².